The van der Waals surface area contributed by atoms with Gasteiger partial charge in [-0.15, -0.1) is 0 Å². The summed E-state index contributed by atoms with van der Waals surface area (Å²) in [5, 5.41) is 0.451. The van der Waals surface area contributed by atoms with Gasteiger partial charge in [-0.3, -0.25) is 4.98 Å². The molecular weight excluding hydrogens is 296 g/mol. The third-order valence-corrected chi connectivity index (χ3v) is 4.62. The summed E-state index contributed by atoms with van der Waals surface area (Å²) in [6, 6.07) is 10.2. The number of sulfonamides is 1. The van der Waals surface area contributed by atoms with Gasteiger partial charge in [0.25, 0.3) is 0 Å². The lowest BCUT2D eigenvalue weighted by molar-refractivity contribution is 0.565. The Hall–Kier alpha value is -1.43. The Bertz CT molecular complexity index is 675. The third kappa shape index (κ3) is 4.03. The smallest absolute Gasteiger partial charge is 0.216 e. The monoisotopic (exact) mass is 310 g/mol. The van der Waals surface area contributed by atoms with Crippen LogP contribution in [0.3, 0.4) is 0 Å². The minimum Gasteiger partial charge on any atom is -0.264 e. The molecule has 1 heterocycles. The summed E-state index contributed by atoms with van der Waals surface area (Å²) in [7, 11) is -3.47. The van der Waals surface area contributed by atoms with Crippen molar-refractivity contribution in [2.24, 2.45) is 0 Å². The van der Waals surface area contributed by atoms with Crippen LogP contribution in [0.5, 0.6) is 0 Å². The summed E-state index contributed by atoms with van der Waals surface area (Å²) in [6.07, 6.45) is 3.29. The van der Waals surface area contributed by atoms with Crippen molar-refractivity contribution in [1.82, 2.24) is 9.71 Å². The van der Waals surface area contributed by atoms with Gasteiger partial charge in [0.2, 0.25) is 10.0 Å². The molecule has 106 valence electrons. The van der Waals surface area contributed by atoms with E-state index in [1.54, 1.807) is 49.6 Å². The quantitative estimate of drug-likeness (QED) is 0.923. The maximum Gasteiger partial charge on any atom is 0.216 e. The molecule has 0 aliphatic heterocycles. The number of pyridine rings is 1. The van der Waals surface area contributed by atoms with Crippen LogP contribution >= 0.6 is 11.6 Å². The van der Waals surface area contributed by atoms with Gasteiger partial charge in [-0.2, -0.15) is 0 Å². The van der Waals surface area contributed by atoms with Crippen molar-refractivity contribution in [2.45, 2.75) is 18.7 Å². The second-order valence-electron chi connectivity index (χ2n) is 4.48. The Morgan fingerprint density at radius 1 is 1.25 bits per heavy atom. The Labute approximate surface area is 123 Å². The van der Waals surface area contributed by atoms with Crippen molar-refractivity contribution in [3.8, 4) is 0 Å². The van der Waals surface area contributed by atoms with Gasteiger partial charge in [-0.25, -0.2) is 13.1 Å². The molecule has 0 amide bonds. The van der Waals surface area contributed by atoms with Crippen LogP contribution in [0.2, 0.25) is 5.02 Å². The van der Waals surface area contributed by atoms with Crippen LogP contribution in [-0.2, 0) is 15.8 Å². The standard InChI is InChI=1S/C14H15ClN2O2S/c1-11(12-6-4-8-16-9-12)17-20(18,19)10-13-5-2-3-7-14(13)15/h2-9,11,17H,10H2,1H3/t11-/m0/s1. The first-order valence-corrected chi connectivity index (χ1v) is 8.14. The van der Waals surface area contributed by atoms with Crippen molar-refractivity contribution < 1.29 is 8.42 Å². The zero-order valence-electron chi connectivity index (χ0n) is 11.0. The van der Waals surface area contributed by atoms with Crippen LogP contribution in [0, 0.1) is 0 Å². The van der Waals surface area contributed by atoms with Crippen molar-refractivity contribution in [3.63, 3.8) is 0 Å². The fraction of sp³-hybridized carbons (Fsp3) is 0.214. The molecule has 1 aromatic carbocycles. The van der Waals surface area contributed by atoms with Crippen LogP contribution in [0.1, 0.15) is 24.1 Å². The van der Waals surface area contributed by atoms with Crippen LogP contribution in [-0.4, -0.2) is 13.4 Å². The van der Waals surface area contributed by atoms with Crippen molar-refractivity contribution in [2.75, 3.05) is 0 Å². The maximum atomic E-state index is 12.1. The van der Waals surface area contributed by atoms with Crippen molar-refractivity contribution in [1.29, 1.82) is 0 Å². The van der Waals surface area contributed by atoms with Crippen molar-refractivity contribution in [3.05, 3.63) is 64.9 Å². The van der Waals surface area contributed by atoms with E-state index in [4.69, 9.17) is 11.6 Å². The highest BCUT2D eigenvalue weighted by Gasteiger charge is 2.17. The summed E-state index contributed by atoms with van der Waals surface area (Å²) < 4.78 is 26.9. The number of hydrogen-bond acceptors (Lipinski definition) is 3. The summed E-state index contributed by atoms with van der Waals surface area (Å²) in [4.78, 5) is 3.98. The molecule has 0 spiro atoms. The first-order valence-electron chi connectivity index (χ1n) is 6.11. The molecule has 0 aliphatic carbocycles. The number of aromatic nitrogens is 1. The van der Waals surface area contributed by atoms with E-state index in [9.17, 15) is 8.42 Å². The molecule has 6 heteroatoms. The fourth-order valence-corrected chi connectivity index (χ4v) is 3.53. The number of rotatable bonds is 5. The number of halogens is 1. The molecule has 0 fully saturated rings. The number of hydrogen-bond donors (Lipinski definition) is 1. The van der Waals surface area contributed by atoms with Gasteiger partial charge in [0.1, 0.15) is 0 Å². The van der Waals surface area contributed by atoms with Gasteiger partial charge in [-0.1, -0.05) is 35.9 Å². The van der Waals surface area contributed by atoms with Crippen LogP contribution < -0.4 is 4.72 Å². The lowest BCUT2D eigenvalue weighted by Crippen LogP contribution is -2.28. The van der Waals surface area contributed by atoms with E-state index in [-0.39, 0.29) is 11.8 Å². The van der Waals surface area contributed by atoms with Gasteiger partial charge >= 0.3 is 0 Å². The van der Waals surface area contributed by atoms with Gasteiger partial charge < -0.3 is 0 Å². The number of nitrogens with one attached hydrogen (secondary N) is 1. The molecule has 0 aliphatic rings. The highest BCUT2D eigenvalue weighted by molar-refractivity contribution is 7.88. The average molecular weight is 311 g/mol. The minimum atomic E-state index is -3.47. The minimum absolute atomic E-state index is 0.142. The Morgan fingerprint density at radius 3 is 2.65 bits per heavy atom. The number of benzene rings is 1. The average Bonchev–Trinajstić information content (AvgIpc) is 2.41. The van der Waals surface area contributed by atoms with Crippen LogP contribution in [0.4, 0.5) is 0 Å². The lowest BCUT2D eigenvalue weighted by atomic mass is 10.2. The van der Waals surface area contributed by atoms with Crippen molar-refractivity contribution >= 4 is 21.6 Å². The summed E-state index contributed by atoms with van der Waals surface area (Å²) in [5.41, 5.74) is 1.40. The third-order valence-electron chi connectivity index (χ3n) is 2.84. The Balaban J connectivity index is 2.10. The van der Waals surface area contributed by atoms with E-state index < -0.39 is 10.0 Å². The Kier molecular flexibility index (Phi) is 4.75. The Morgan fingerprint density at radius 2 is 2.00 bits per heavy atom. The highest BCUT2D eigenvalue weighted by Crippen LogP contribution is 2.19. The summed E-state index contributed by atoms with van der Waals surface area (Å²) >= 11 is 5.98. The molecule has 4 nitrogen and oxygen atoms in total. The van der Waals surface area contributed by atoms with E-state index in [1.807, 2.05) is 6.07 Å². The van der Waals surface area contributed by atoms with Gasteiger partial charge in [-0.05, 0) is 30.2 Å². The molecule has 0 bridgehead atoms. The maximum absolute atomic E-state index is 12.1. The van der Waals surface area contributed by atoms with Gasteiger partial charge in [0.05, 0.1) is 5.75 Å². The van der Waals surface area contributed by atoms with Gasteiger partial charge in [0, 0.05) is 23.5 Å². The van der Waals surface area contributed by atoms with E-state index in [0.717, 1.165) is 5.56 Å². The molecule has 1 atom stereocenters. The molecule has 0 unspecified atom stereocenters. The SMILES string of the molecule is C[C@H](NS(=O)(=O)Cc1ccccc1Cl)c1cccnc1. The topological polar surface area (TPSA) is 59.1 Å². The first-order chi connectivity index (χ1) is 9.48. The number of nitrogens with zero attached hydrogens (tertiary/aromatic N) is 1. The molecule has 2 rings (SSSR count). The fourth-order valence-electron chi connectivity index (χ4n) is 1.83. The molecular formula is C14H15ClN2O2S. The largest absolute Gasteiger partial charge is 0.264 e. The molecule has 1 aromatic heterocycles. The predicted molar refractivity (Wildman–Crippen MR) is 79.9 cm³/mol. The van der Waals surface area contributed by atoms with Crippen LogP contribution in [0.25, 0.3) is 0 Å². The molecule has 0 radical (unpaired) electrons. The van der Waals surface area contributed by atoms with Crippen LogP contribution in [0.15, 0.2) is 48.8 Å². The first kappa shape index (κ1) is 15.0. The second-order valence-corrected chi connectivity index (χ2v) is 6.64. The van der Waals surface area contributed by atoms with E-state index in [0.29, 0.717) is 10.6 Å². The molecule has 1 N–H and O–H groups in total. The molecule has 0 saturated carbocycles. The predicted octanol–water partition coefficient (Wildman–Crippen LogP) is 2.92. The summed E-state index contributed by atoms with van der Waals surface area (Å²) in [6.45, 7) is 1.78. The molecule has 2 aromatic rings. The zero-order valence-corrected chi connectivity index (χ0v) is 12.5. The normalized spacial score (nSPS) is 13.1. The zero-order chi connectivity index (χ0) is 14.6. The van der Waals surface area contributed by atoms with E-state index in [1.165, 1.54) is 0 Å². The second kappa shape index (κ2) is 6.35. The molecule has 0 saturated heterocycles. The lowest BCUT2D eigenvalue weighted by Gasteiger charge is -2.14. The highest BCUT2D eigenvalue weighted by atomic mass is 35.5. The van der Waals surface area contributed by atoms with E-state index >= 15 is 0 Å². The molecule has 20 heavy (non-hydrogen) atoms. The van der Waals surface area contributed by atoms with E-state index in [2.05, 4.69) is 9.71 Å². The summed E-state index contributed by atoms with van der Waals surface area (Å²) in [5.74, 6) is -0.142. The van der Waals surface area contributed by atoms with Gasteiger partial charge in [0.15, 0.2) is 0 Å².